The smallest absolute Gasteiger partial charge is 0.344 e. The zero-order chi connectivity index (χ0) is 29.3. The highest BCUT2D eigenvalue weighted by molar-refractivity contribution is 8.00. The molecule has 9 nitrogen and oxygen atoms in total. The van der Waals surface area contributed by atoms with Gasteiger partial charge in [0.2, 0.25) is 11.8 Å². The summed E-state index contributed by atoms with van der Waals surface area (Å²) < 4.78 is 16.3. The lowest BCUT2D eigenvalue weighted by atomic mass is 9.68. The number of amides is 2. The summed E-state index contributed by atoms with van der Waals surface area (Å²) in [5.41, 5.74) is 1.47. The van der Waals surface area contributed by atoms with Gasteiger partial charge in [0.15, 0.2) is 18.1 Å². The molecule has 1 saturated heterocycles. The van der Waals surface area contributed by atoms with Crippen LogP contribution in [0.4, 0.5) is 5.69 Å². The number of ether oxygens (including phenoxy) is 3. The number of carbonyl (C=O) groups excluding carboxylic acids is 3. The van der Waals surface area contributed by atoms with Gasteiger partial charge in [-0.15, -0.1) is 11.8 Å². The van der Waals surface area contributed by atoms with Crippen molar-refractivity contribution in [3.05, 3.63) is 67.6 Å². The number of aromatic nitrogens is 1. The largest absolute Gasteiger partial charge is 0.493 e. The first-order valence-electron chi connectivity index (χ1n) is 13.8. The number of aromatic amines is 1. The van der Waals surface area contributed by atoms with Crippen molar-refractivity contribution in [3.8, 4) is 11.5 Å². The summed E-state index contributed by atoms with van der Waals surface area (Å²) in [6.45, 7) is 1.75. The van der Waals surface area contributed by atoms with Gasteiger partial charge in [0.05, 0.1) is 36.3 Å². The van der Waals surface area contributed by atoms with Gasteiger partial charge in [0.1, 0.15) is 0 Å². The van der Waals surface area contributed by atoms with Gasteiger partial charge in [-0.1, -0.05) is 29.0 Å². The van der Waals surface area contributed by atoms with Gasteiger partial charge in [0, 0.05) is 21.1 Å². The Kier molecular flexibility index (Phi) is 6.86. The van der Waals surface area contributed by atoms with Gasteiger partial charge in [-0.3, -0.25) is 19.3 Å². The van der Waals surface area contributed by atoms with Crippen LogP contribution < -0.4 is 19.2 Å². The number of halogens is 1. The SMILES string of the molecule is CCOC(=O)COc1ccc([C@H]2c3sc(=O)[nH]c3SC3C2[C@H]2C[C@@H]3C3C(=O)N(c4ccc(Cl)cc4)C(=O)C32)cc1OC. The number of methoxy groups -OCH3 is 1. The summed E-state index contributed by atoms with van der Waals surface area (Å²) in [6.07, 6.45) is 0.789. The standard InChI is InChI=1S/C30H27ClN2O7S2/c1-3-39-20(34)12-40-18-9-4-13(10-19(18)38-2)21-22-16-11-17(25(22)41-27-26(21)42-30(37)32-27)24-23(16)28(35)33(29(24)36)15-7-5-14(31)6-8-15/h4-10,16-17,21-25H,3,11-12H2,1-2H3,(H,32,37)/t16-,17-,21-,22?,23?,24?,25?/m1/s1. The molecule has 3 fully saturated rings. The fourth-order valence-electron chi connectivity index (χ4n) is 7.57. The van der Waals surface area contributed by atoms with Crippen LogP contribution in [0.15, 0.2) is 52.3 Å². The van der Waals surface area contributed by atoms with Crippen LogP contribution in [-0.4, -0.2) is 48.3 Å². The minimum atomic E-state index is -0.475. The van der Waals surface area contributed by atoms with E-state index < -0.39 is 11.9 Å². The van der Waals surface area contributed by atoms with Crippen molar-refractivity contribution in [2.45, 2.75) is 29.5 Å². The first-order valence-corrected chi connectivity index (χ1v) is 15.9. The maximum atomic E-state index is 13.9. The molecule has 218 valence electrons. The van der Waals surface area contributed by atoms with Crippen LogP contribution in [0.5, 0.6) is 11.5 Å². The number of esters is 1. The molecule has 4 unspecified atom stereocenters. The van der Waals surface area contributed by atoms with Crippen molar-refractivity contribution in [2.75, 3.05) is 25.2 Å². The quantitative estimate of drug-likeness (QED) is 0.296. The number of nitrogens with zero attached hydrogens (tertiary/aromatic N) is 1. The third-order valence-corrected chi connectivity index (χ3v) is 11.8. The molecular weight excluding hydrogens is 600 g/mol. The molecular formula is C30H27ClN2O7S2. The van der Waals surface area contributed by atoms with E-state index in [2.05, 4.69) is 4.98 Å². The number of fused-ring (bicyclic) bond motifs is 9. The van der Waals surface area contributed by atoms with Crippen LogP contribution in [0.1, 0.15) is 29.7 Å². The van der Waals surface area contributed by atoms with Crippen LogP contribution >= 0.6 is 34.7 Å². The van der Waals surface area contributed by atoms with E-state index >= 15 is 0 Å². The lowest BCUT2D eigenvalue weighted by Gasteiger charge is -2.43. The number of nitrogens with one attached hydrogen (secondary N) is 1. The van der Waals surface area contributed by atoms with Crippen molar-refractivity contribution in [1.29, 1.82) is 0 Å². The van der Waals surface area contributed by atoms with E-state index in [-0.39, 0.29) is 64.7 Å². The molecule has 0 radical (unpaired) electrons. The van der Waals surface area contributed by atoms with Gasteiger partial charge in [-0.05, 0) is 73.1 Å². The second-order valence-electron chi connectivity index (χ2n) is 11.0. The van der Waals surface area contributed by atoms with Crippen molar-refractivity contribution in [2.24, 2.45) is 29.6 Å². The summed E-state index contributed by atoms with van der Waals surface area (Å²) in [6, 6.07) is 12.4. The maximum absolute atomic E-state index is 13.9. The minimum absolute atomic E-state index is 0.0110. The molecule has 1 aromatic heterocycles. The highest BCUT2D eigenvalue weighted by atomic mass is 35.5. The zero-order valence-electron chi connectivity index (χ0n) is 22.7. The van der Waals surface area contributed by atoms with Crippen LogP contribution in [0.2, 0.25) is 5.02 Å². The molecule has 1 N–H and O–H groups in total. The average Bonchev–Trinajstić information content (AvgIpc) is 3.71. The Morgan fingerprint density at radius 3 is 2.50 bits per heavy atom. The summed E-state index contributed by atoms with van der Waals surface area (Å²) in [5, 5.41) is 1.43. The predicted octanol–water partition coefficient (Wildman–Crippen LogP) is 4.72. The first-order chi connectivity index (χ1) is 20.3. The molecule has 3 heterocycles. The molecule has 3 aromatic rings. The second kappa shape index (κ2) is 10.5. The summed E-state index contributed by atoms with van der Waals surface area (Å²) in [7, 11) is 1.53. The fraction of sp³-hybridized carbons (Fsp3) is 0.400. The lowest BCUT2D eigenvalue weighted by Crippen LogP contribution is -2.42. The molecule has 7 atom stereocenters. The van der Waals surface area contributed by atoms with Crippen molar-refractivity contribution < 1.29 is 28.6 Å². The van der Waals surface area contributed by atoms with Crippen LogP contribution in [0, 0.1) is 29.6 Å². The molecule has 4 aliphatic rings. The number of thiazole rings is 1. The monoisotopic (exact) mass is 626 g/mol. The zero-order valence-corrected chi connectivity index (χ0v) is 25.1. The Bertz CT molecular complexity index is 1650. The molecule has 2 saturated carbocycles. The van der Waals surface area contributed by atoms with Crippen LogP contribution in [0.3, 0.4) is 0 Å². The van der Waals surface area contributed by atoms with Crippen molar-refractivity contribution in [1.82, 2.24) is 4.98 Å². The molecule has 2 aliphatic carbocycles. The minimum Gasteiger partial charge on any atom is -0.493 e. The third-order valence-electron chi connectivity index (χ3n) is 9.01. The maximum Gasteiger partial charge on any atom is 0.344 e. The van der Waals surface area contributed by atoms with E-state index in [4.69, 9.17) is 25.8 Å². The Morgan fingerprint density at radius 2 is 1.79 bits per heavy atom. The van der Waals surface area contributed by atoms with Crippen LogP contribution in [0.25, 0.3) is 0 Å². The predicted molar refractivity (Wildman–Crippen MR) is 158 cm³/mol. The molecule has 0 spiro atoms. The number of H-pyrrole nitrogens is 1. The normalized spacial score (nSPS) is 28.8. The molecule has 12 heteroatoms. The number of hydrogen-bond acceptors (Lipinski definition) is 9. The molecule has 2 aliphatic heterocycles. The molecule has 2 amide bonds. The Hall–Kier alpha value is -3.28. The summed E-state index contributed by atoms with van der Waals surface area (Å²) in [5.74, 6) is -0.854. The number of hydrogen-bond donors (Lipinski definition) is 1. The van der Waals surface area contributed by atoms with E-state index in [0.717, 1.165) is 21.9 Å². The number of imide groups is 1. The van der Waals surface area contributed by atoms with Crippen LogP contribution in [-0.2, 0) is 19.1 Å². The van der Waals surface area contributed by atoms with E-state index in [0.29, 0.717) is 22.2 Å². The second-order valence-corrected chi connectivity index (χ2v) is 13.6. The third kappa shape index (κ3) is 4.19. The number of benzene rings is 2. The van der Waals surface area contributed by atoms with Crippen molar-refractivity contribution in [3.63, 3.8) is 0 Å². The number of anilines is 1. The van der Waals surface area contributed by atoms with E-state index in [1.54, 1.807) is 49.0 Å². The summed E-state index contributed by atoms with van der Waals surface area (Å²) in [4.78, 5) is 57.3. The van der Waals surface area contributed by atoms with Gasteiger partial charge >= 0.3 is 10.8 Å². The fourth-order valence-corrected chi connectivity index (χ4v) is 10.6. The molecule has 42 heavy (non-hydrogen) atoms. The number of thioether (sulfide) groups is 1. The molecule has 2 bridgehead atoms. The first kappa shape index (κ1) is 27.5. The van der Waals surface area contributed by atoms with E-state index in [1.165, 1.54) is 23.3 Å². The highest BCUT2D eigenvalue weighted by Gasteiger charge is 2.69. The Morgan fingerprint density at radius 1 is 1.05 bits per heavy atom. The lowest BCUT2D eigenvalue weighted by molar-refractivity contribution is -0.145. The Labute approximate surface area is 254 Å². The summed E-state index contributed by atoms with van der Waals surface area (Å²) >= 11 is 8.90. The Balaban J connectivity index is 1.25. The average molecular weight is 627 g/mol. The van der Waals surface area contributed by atoms with Gasteiger partial charge < -0.3 is 19.2 Å². The van der Waals surface area contributed by atoms with E-state index in [1.807, 2.05) is 12.1 Å². The molecule has 7 rings (SSSR count). The van der Waals surface area contributed by atoms with Gasteiger partial charge in [-0.25, -0.2) is 4.79 Å². The molecule has 2 aromatic carbocycles. The highest BCUT2D eigenvalue weighted by Crippen LogP contribution is 2.68. The van der Waals surface area contributed by atoms with Gasteiger partial charge in [-0.2, -0.15) is 0 Å². The number of rotatable bonds is 7. The topological polar surface area (TPSA) is 115 Å². The van der Waals surface area contributed by atoms with Crippen molar-refractivity contribution >= 4 is 58.2 Å². The van der Waals surface area contributed by atoms with Gasteiger partial charge in [0.25, 0.3) is 0 Å². The number of carbonyl (C=O) groups is 3. The van der Waals surface area contributed by atoms with E-state index in [9.17, 15) is 19.2 Å².